The number of amides is 1. The van der Waals surface area contributed by atoms with Gasteiger partial charge in [0.1, 0.15) is 0 Å². The molecule has 0 bridgehead atoms. The summed E-state index contributed by atoms with van der Waals surface area (Å²) in [6.07, 6.45) is 2.86. The number of carbonyl (C=O) groups is 1. The quantitative estimate of drug-likeness (QED) is 0.847. The molecule has 0 aromatic carbocycles. The minimum atomic E-state index is -0.645. The Hall–Kier alpha value is -1.62. The molecule has 1 amide bonds. The van der Waals surface area contributed by atoms with Gasteiger partial charge in [-0.05, 0) is 32.8 Å². The molecule has 1 aromatic rings. The van der Waals surface area contributed by atoms with Crippen molar-refractivity contribution in [2.24, 2.45) is 0 Å². The fourth-order valence-electron chi connectivity index (χ4n) is 2.30. The maximum atomic E-state index is 12.5. The second-order valence-electron chi connectivity index (χ2n) is 5.41. The van der Waals surface area contributed by atoms with Gasteiger partial charge in [0, 0.05) is 32.0 Å². The van der Waals surface area contributed by atoms with Crippen LogP contribution in [-0.4, -0.2) is 46.6 Å². The molecule has 2 rings (SSSR count). The van der Waals surface area contributed by atoms with Crippen LogP contribution in [-0.2, 0) is 0 Å². The highest BCUT2D eigenvalue weighted by molar-refractivity contribution is 5.99. The topological polar surface area (TPSA) is 65.5 Å². The SMILES string of the molecule is CNc1cc(C)ncc1C(=O)N1CCC(C)(O)CC1. The summed E-state index contributed by atoms with van der Waals surface area (Å²) in [6.45, 7) is 4.89. The van der Waals surface area contributed by atoms with Crippen molar-refractivity contribution < 1.29 is 9.90 Å². The highest BCUT2D eigenvalue weighted by atomic mass is 16.3. The van der Waals surface area contributed by atoms with Crippen LogP contribution >= 0.6 is 0 Å². The van der Waals surface area contributed by atoms with Crippen LogP contribution in [0.4, 0.5) is 5.69 Å². The molecular weight excluding hydrogens is 242 g/mol. The molecule has 1 aromatic heterocycles. The number of rotatable bonds is 2. The van der Waals surface area contributed by atoms with Gasteiger partial charge in [-0.15, -0.1) is 0 Å². The number of nitrogens with zero attached hydrogens (tertiary/aromatic N) is 2. The van der Waals surface area contributed by atoms with Gasteiger partial charge in [-0.3, -0.25) is 9.78 Å². The van der Waals surface area contributed by atoms with E-state index in [2.05, 4.69) is 10.3 Å². The number of hydrogen-bond donors (Lipinski definition) is 2. The van der Waals surface area contributed by atoms with Crippen LogP contribution in [0, 0.1) is 6.92 Å². The normalized spacial score (nSPS) is 18.2. The monoisotopic (exact) mass is 263 g/mol. The molecule has 2 heterocycles. The van der Waals surface area contributed by atoms with E-state index in [0.717, 1.165) is 11.4 Å². The Morgan fingerprint density at radius 1 is 1.47 bits per heavy atom. The zero-order valence-electron chi connectivity index (χ0n) is 11.7. The molecule has 0 spiro atoms. The van der Waals surface area contributed by atoms with Gasteiger partial charge in [-0.25, -0.2) is 0 Å². The minimum absolute atomic E-state index is 0.0210. The summed E-state index contributed by atoms with van der Waals surface area (Å²) in [5.74, 6) is -0.0210. The van der Waals surface area contributed by atoms with E-state index in [1.54, 1.807) is 18.1 Å². The van der Waals surface area contributed by atoms with E-state index in [1.807, 2.05) is 19.9 Å². The minimum Gasteiger partial charge on any atom is -0.390 e. The Labute approximate surface area is 113 Å². The Morgan fingerprint density at radius 3 is 2.68 bits per heavy atom. The van der Waals surface area contributed by atoms with Gasteiger partial charge in [0.2, 0.25) is 0 Å². The van der Waals surface area contributed by atoms with Crippen molar-refractivity contribution in [2.45, 2.75) is 32.3 Å². The van der Waals surface area contributed by atoms with E-state index >= 15 is 0 Å². The number of piperidine rings is 1. The Bertz CT molecular complexity index is 476. The number of hydrogen-bond acceptors (Lipinski definition) is 4. The van der Waals surface area contributed by atoms with Gasteiger partial charge in [0.25, 0.3) is 5.91 Å². The smallest absolute Gasteiger partial charge is 0.257 e. The van der Waals surface area contributed by atoms with Crippen molar-refractivity contribution in [3.63, 3.8) is 0 Å². The van der Waals surface area contributed by atoms with E-state index < -0.39 is 5.60 Å². The molecule has 5 nitrogen and oxygen atoms in total. The first kappa shape index (κ1) is 13.8. The number of anilines is 1. The Balaban J connectivity index is 2.16. The number of aromatic nitrogens is 1. The molecule has 2 N–H and O–H groups in total. The van der Waals surface area contributed by atoms with Crippen LogP contribution in [0.1, 0.15) is 35.8 Å². The van der Waals surface area contributed by atoms with Crippen LogP contribution in [0.5, 0.6) is 0 Å². The van der Waals surface area contributed by atoms with Gasteiger partial charge in [-0.1, -0.05) is 0 Å². The van der Waals surface area contributed by atoms with Crippen LogP contribution < -0.4 is 5.32 Å². The van der Waals surface area contributed by atoms with Gasteiger partial charge in [0.15, 0.2) is 0 Å². The summed E-state index contributed by atoms with van der Waals surface area (Å²) in [4.78, 5) is 18.4. The summed E-state index contributed by atoms with van der Waals surface area (Å²) in [6, 6.07) is 1.87. The number of aryl methyl sites for hydroxylation is 1. The third-order valence-electron chi connectivity index (χ3n) is 3.67. The Morgan fingerprint density at radius 2 is 2.11 bits per heavy atom. The standard InChI is InChI=1S/C14H21N3O2/c1-10-8-12(15-3)11(9-16-10)13(18)17-6-4-14(2,19)5-7-17/h8-9,19H,4-7H2,1-3H3,(H,15,16). The third-order valence-corrected chi connectivity index (χ3v) is 3.67. The first-order chi connectivity index (χ1) is 8.93. The first-order valence-corrected chi connectivity index (χ1v) is 6.59. The number of aliphatic hydroxyl groups is 1. The molecule has 0 unspecified atom stereocenters. The van der Waals surface area contributed by atoms with Crippen molar-refractivity contribution in [1.29, 1.82) is 0 Å². The molecule has 0 radical (unpaired) electrons. The van der Waals surface area contributed by atoms with Crippen molar-refractivity contribution in [2.75, 3.05) is 25.5 Å². The molecule has 1 saturated heterocycles. The first-order valence-electron chi connectivity index (χ1n) is 6.59. The van der Waals surface area contributed by atoms with Crippen molar-refractivity contribution >= 4 is 11.6 Å². The molecular formula is C14H21N3O2. The van der Waals surface area contributed by atoms with Crippen LogP contribution in [0.15, 0.2) is 12.3 Å². The average Bonchev–Trinajstić information content (AvgIpc) is 2.37. The molecule has 1 fully saturated rings. The number of pyridine rings is 1. The zero-order valence-corrected chi connectivity index (χ0v) is 11.7. The fourth-order valence-corrected chi connectivity index (χ4v) is 2.30. The fraction of sp³-hybridized carbons (Fsp3) is 0.571. The summed E-state index contributed by atoms with van der Waals surface area (Å²) in [5, 5.41) is 13.0. The summed E-state index contributed by atoms with van der Waals surface area (Å²) in [5.41, 5.74) is 1.63. The maximum Gasteiger partial charge on any atom is 0.257 e. The second-order valence-corrected chi connectivity index (χ2v) is 5.41. The van der Waals surface area contributed by atoms with Crippen LogP contribution in [0.25, 0.3) is 0 Å². The predicted octanol–water partition coefficient (Wildman–Crippen LogP) is 1.42. The van der Waals surface area contributed by atoms with E-state index in [4.69, 9.17) is 0 Å². The van der Waals surface area contributed by atoms with E-state index in [-0.39, 0.29) is 5.91 Å². The van der Waals surface area contributed by atoms with E-state index in [9.17, 15) is 9.90 Å². The van der Waals surface area contributed by atoms with Crippen molar-refractivity contribution in [3.8, 4) is 0 Å². The number of likely N-dealkylation sites (tertiary alicyclic amines) is 1. The van der Waals surface area contributed by atoms with Gasteiger partial charge >= 0.3 is 0 Å². The van der Waals surface area contributed by atoms with Crippen LogP contribution in [0.2, 0.25) is 0 Å². The lowest BCUT2D eigenvalue weighted by Gasteiger charge is -2.36. The molecule has 0 aliphatic carbocycles. The largest absolute Gasteiger partial charge is 0.390 e. The van der Waals surface area contributed by atoms with Crippen LogP contribution in [0.3, 0.4) is 0 Å². The van der Waals surface area contributed by atoms with E-state index in [1.165, 1.54) is 0 Å². The predicted molar refractivity (Wildman–Crippen MR) is 74.3 cm³/mol. The molecule has 104 valence electrons. The molecule has 1 aliphatic rings. The lowest BCUT2D eigenvalue weighted by Crippen LogP contribution is -2.45. The lowest BCUT2D eigenvalue weighted by atomic mass is 9.93. The molecule has 0 atom stereocenters. The summed E-state index contributed by atoms with van der Waals surface area (Å²) < 4.78 is 0. The van der Waals surface area contributed by atoms with E-state index in [0.29, 0.717) is 31.5 Å². The van der Waals surface area contributed by atoms with Crippen molar-refractivity contribution in [3.05, 3.63) is 23.5 Å². The molecule has 1 aliphatic heterocycles. The van der Waals surface area contributed by atoms with Crippen molar-refractivity contribution in [1.82, 2.24) is 9.88 Å². The maximum absolute atomic E-state index is 12.5. The molecule has 0 saturated carbocycles. The number of nitrogens with one attached hydrogen (secondary N) is 1. The highest BCUT2D eigenvalue weighted by Crippen LogP contribution is 2.24. The second kappa shape index (κ2) is 5.17. The van der Waals surface area contributed by atoms with Gasteiger partial charge in [-0.2, -0.15) is 0 Å². The van der Waals surface area contributed by atoms with Gasteiger partial charge in [0.05, 0.1) is 16.9 Å². The van der Waals surface area contributed by atoms with Gasteiger partial charge < -0.3 is 15.3 Å². The lowest BCUT2D eigenvalue weighted by molar-refractivity contribution is -0.00200. The number of carbonyl (C=O) groups excluding carboxylic acids is 1. The summed E-state index contributed by atoms with van der Waals surface area (Å²) in [7, 11) is 1.80. The molecule has 19 heavy (non-hydrogen) atoms. The highest BCUT2D eigenvalue weighted by Gasteiger charge is 2.30. The Kier molecular flexibility index (Phi) is 3.75. The molecule has 5 heteroatoms. The average molecular weight is 263 g/mol. The third kappa shape index (κ3) is 3.04. The summed E-state index contributed by atoms with van der Waals surface area (Å²) >= 11 is 0. The zero-order chi connectivity index (χ0) is 14.0.